The van der Waals surface area contributed by atoms with E-state index >= 15 is 0 Å². The first-order chi connectivity index (χ1) is 11.9. The zero-order valence-electron chi connectivity index (χ0n) is 14.8. The maximum absolute atomic E-state index is 4.18. The van der Waals surface area contributed by atoms with Crippen LogP contribution in [0.4, 0.5) is 0 Å². The molecule has 124 valence electrons. The van der Waals surface area contributed by atoms with Crippen molar-refractivity contribution in [1.82, 2.24) is 15.0 Å². The average Bonchev–Trinajstić information content (AvgIpc) is 2.72. The number of hydrogen-bond donors (Lipinski definition) is 0. The van der Waals surface area contributed by atoms with Gasteiger partial charge in [-0.15, -0.1) is 0 Å². The molecule has 0 saturated heterocycles. The first-order valence-electron chi connectivity index (χ1n) is 8.39. The summed E-state index contributed by atoms with van der Waals surface area (Å²) < 4.78 is 0. The number of hydrogen-bond acceptors (Lipinski definition) is 3. The van der Waals surface area contributed by atoms with Crippen molar-refractivity contribution in [2.24, 2.45) is 0 Å². The third-order valence-electron chi connectivity index (χ3n) is 2.89. The predicted octanol–water partition coefficient (Wildman–Crippen LogP) is 5.92. The van der Waals surface area contributed by atoms with Crippen LogP contribution in [0.3, 0.4) is 0 Å². The Hall–Kier alpha value is -2.81. The summed E-state index contributed by atoms with van der Waals surface area (Å²) in [6.45, 7) is 8.00. The van der Waals surface area contributed by atoms with Crippen molar-refractivity contribution in [1.29, 1.82) is 0 Å². The zero-order chi connectivity index (χ0) is 17.6. The minimum absolute atomic E-state index is 0.949. The van der Waals surface area contributed by atoms with E-state index in [9.17, 15) is 0 Å². The Morgan fingerprint density at radius 2 is 0.875 bits per heavy atom. The normalized spacial score (nSPS) is 8.83. The molecule has 0 amide bonds. The van der Waals surface area contributed by atoms with Crippen LogP contribution in [0, 0.1) is 0 Å². The number of para-hydroxylation sites is 3. The Balaban J connectivity index is 0.000000199. The fourth-order valence-corrected chi connectivity index (χ4v) is 1.93. The molecule has 0 fully saturated rings. The van der Waals surface area contributed by atoms with Crippen molar-refractivity contribution in [3.63, 3.8) is 0 Å². The van der Waals surface area contributed by atoms with E-state index in [0.29, 0.717) is 0 Å². The lowest BCUT2D eigenvalue weighted by Crippen LogP contribution is -1.78. The van der Waals surface area contributed by atoms with E-state index in [-0.39, 0.29) is 0 Å². The van der Waals surface area contributed by atoms with Crippen molar-refractivity contribution in [3.05, 3.63) is 79.3 Å². The summed E-state index contributed by atoms with van der Waals surface area (Å²) in [5.41, 5.74) is 2.96. The van der Waals surface area contributed by atoms with Crippen LogP contribution in [0.25, 0.3) is 21.9 Å². The van der Waals surface area contributed by atoms with Crippen LogP contribution in [-0.2, 0) is 0 Å². The van der Waals surface area contributed by atoms with E-state index in [4.69, 9.17) is 0 Å². The van der Waals surface area contributed by atoms with Crippen LogP contribution in [0.1, 0.15) is 27.7 Å². The third kappa shape index (κ3) is 5.76. The van der Waals surface area contributed by atoms with E-state index in [0.717, 1.165) is 16.6 Å². The minimum Gasteiger partial charge on any atom is -0.256 e. The smallest absolute Gasteiger partial charge is 0.0886 e. The quantitative estimate of drug-likeness (QED) is 0.404. The summed E-state index contributed by atoms with van der Waals surface area (Å²) in [6, 6.07) is 19.9. The summed E-state index contributed by atoms with van der Waals surface area (Å²) in [4.78, 5) is 12.4. The highest BCUT2D eigenvalue weighted by Crippen LogP contribution is 2.08. The molecule has 2 heterocycles. The number of nitrogens with zero attached hydrogens (tertiary/aromatic N) is 3. The maximum atomic E-state index is 4.18. The first-order valence-corrected chi connectivity index (χ1v) is 8.39. The SMILES string of the molecule is CC.CC.c1ccc2ncccc2c1.c1ccc2nccnc2c1. The molecule has 0 bridgehead atoms. The highest BCUT2D eigenvalue weighted by molar-refractivity contribution is 5.77. The second-order valence-corrected chi connectivity index (χ2v) is 4.24. The molecular weight excluding hydrogens is 294 g/mol. The fraction of sp³-hybridized carbons (Fsp3) is 0.190. The van der Waals surface area contributed by atoms with Crippen LogP contribution in [-0.4, -0.2) is 15.0 Å². The van der Waals surface area contributed by atoms with Crippen molar-refractivity contribution in [3.8, 4) is 0 Å². The maximum Gasteiger partial charge on any atom is 0.0886 e. The summed E-state index contributed by atoms with van der Waals surface area (Å²) >= 11 is 0. The van der Waals surface area contributed by atoms with E-state index in [2.05, 4.69) is 27.1 Å². The second kappa shape index (κ2) is 11.7. The van der Waals surface area contributed by atoms with Gasteiger partial charge in [0.25, 0.3) is 0 Å². The fourth-order valence-electron chi connectivity index (χ4n) is 1.93. The van der Waals surface area contributed by atoms with Crippen LogP contribution in [0.2, 0.25) is 0 Å². The van der Waals surface area contributed by atoms with Crippen molar-refractivity contribution >= 4 is 21.9 Å². The number of benzene rings is 2. The molecule has 0 unspecified atom stereocenters. The van der Waals surface area contributed by atoms with Gasteiger partial charge in [-0.1, -0.05) is 64.1 Å². The topological polar surface area (TPSA) is 38.7 Å². The highest BCUT2D eigenvalue weighted by Gasteiger charge is 1.88. The lowest BCUT2D eigenvalue weighted by atomic mass is 10.2. The molecule has 0 N–H and O–H groups in total. The van der Waals surface area contributed by atoms with Gasteiger partial charge in [-0.2, -0.15) is 0 Å². The largest absolute Gasteiger partial charge is 0.256 e. The molecule has 0 aliphatic rings. The molecule has 0 atom stereocenters. The van der Waals surface area contributed by atoms with Crippen molar-refractivity contribution in [2.45, 2.75) is 27.7 Å². The lowest BCUT2D eigenvalue weighted by molar-refractivity contribution is 1.29. The number of fused-ring (bicyclic) bond motifs is 2. The van der Waals surface area contributed by atoms with Gasteiger partial charge < -0.3 is 0 Å². The summed E-state index contributed by atoms with van der Waals surface area (Å²) in [5, 5.41) is 1.20. The van der Waals surface area contributed by atoms with Gasteiger partial charge in [0.15, 0.2) is 0 Å². The third-order valence-corrected chi connectivity index (χ3v) is 2.89. The molecule has 2 aromatic carbocycles. The molecule has 0 aliphatic carbocycles. The number of aromatic nitrogens is 3. The summed E-state index contributed by atoms with van der Waals surface area (Å²) in [7, 11) is 0. The first kappa shape index (κ1) is 19.2. The van der Waals surface area contributed by atoms with Gasteiger partial charge in [-0.25, -0.2) is 0 Å². The zero-order valence-corrected chi connectivity index (χ0v) is 14.8. The number of rotatable bonds is 0. The Kier molecular flexibility index (Phi) is 9.39. The van der Waals surface area contributed by atoms with Crippen molar-refractivity contribution < 1.29 is 0 Å². The summed E-state index contributed by atoms with van der Waals surface area (Å²) in [5.74, 6) is 0. The van der Waals surface area contributed by atoms with E-state index in [1.165, 1.54) is 5.39 Å². The Morgan fingerprint density at radius 1 is 0.458 bits per heavy atom. The van der Waals surface area contributed by atoms with Crippen molar-refractivity contribution in [2.75, 3.05) is 0 Å². The van der Waals surface area contributed by atoms with E-state index in [1.54, 1.807) is 12.4 Å². The van der Waals surface area contributed by atoms with Crippen LogP contribution in [0.15, 0.2) is 79.3 Å². The van der Waals surface area contributed by atoms with Crippen LogP contribution < -0.4 is 0 Å². The Labute approximate surface area is 144 Å². The predicted molar refractivity (Wildman–Crippen MR) is 104 cm³/mol. The molecule has 3 nitrogen and oxygen atoms in total. The lowest BCUT2D eigenvalue weighted by Gasteiger charge is -1.91. The summed E-state index contributed by atoms with van der Waals surface area (Å²) in [6.07, 6.45) is 5.20. The van der Waals surface area contributed by atoms with E-state index < -0.39 is 0 Å². The van der Waals surface area contributed by atoms with Crippen LogP contribution >= 0.6 is 0 Å². The Morgan fingerprint density at radius 3 is 1.42 bits per heavy atom. The average molecular weight is 319 g/mol. The van der Waals surface area contributed by atoms with Gasteiger partial charge in [0, 0.05) is 24.0 Å². The molecule has 0 spiro atoms. The second-order valence-electron chi connectivity index (χ2n) is 4.24. The van der Waals surface area contributed by atoms with Gasteiger partial charge in [-0.05, 0) is 24.3 Å². The van der Waals surface area contributed by atoms with Gasteiger partial charge in [0.1, 0.15) is 0 Å². The molecular formula is C21H25N3. The molecule has 0 aliphatic heterocycles. The molecule has 0 radical (unpaired) electrons. The van der Waals surface area contributed by atoms with Gasteiger partial charge in [0.05, 0.1) is 16.6 Å². The van der Waals surface area contributed by atoms with Gasteiger partial charge >= 0.3 is 0 Å². The van der Waals surface area contributed by atoms with E-state index in [1.807, 2.05) is 82.4 Å². The highest BCUT2D eigenvalue weighted by atomic mass is 14.8. The van der Waals surface area contributed by atoms with Crippen LogP contribution in [0.5, 0.6) is 0 Å². The van der Waals surface area contributed by atoms with Gasteiger partial charge in [0.2, 0.25) is 0 Å². The molecule has 2 aromatic heterocycles. The molecule has 3 heteroatoms. The number of pyridine rings is 1. The minimum atomic E-state index is 0.949. The Bertz CT molecular complexity index is 626. The standard InChI is InChI=1S/C9H7N.C8H6N2.2C2H6/c1-2-6-9-8(4-1)5-3-7-10-9;1-2-4-8-7(3-1)9-5-6-10-8;2*1-2/h1-7H;1-6H;2*1-2H3. The molecule has 4 aromatic rings. The molecule has 0 saturated carbocycles. The molecule has 4 rings (SSSR count). The molecule has 24 heavy (non-hydrogen) atoms. The van der Waals surface area contributed by atoms with Gasteiger partial charge in [-0.3, -0.25) is 15.0 Å². The monoisotopic (exact) mass is 319 g/mol.